The van der Waals surface area contributed by atoms with E-state index >= 15 is 0 Å². The normalized spacial score (nSPS) is 25.4. The lowest BCUT2D eigenvalue weighted by molar-refractivity contribution is 0.109. The molecule has 8 unspecified atom stereocenters. The van der Waals surface area contributed by atoms with E-state index in [-0.39, 0.29) is 78.8 Å². The van der Waals surface area contributed by atoms with Gasteiger partial charge in [-0.3, -0.25) is 0 Å². The number of halogens is 1. The molecule has 12 aliphatic rings. The van der Waals surface area contributed by atoms with Gasteiger partial charge in [0.05, 0.1) is 39.4 Å². The first-order chi connectivity index (χ1) is 64.9. The summed E-state index contributed by atoms with van der Waals surface area (Å²) in [4.78, 5) is 14.2. The van der Waals surface area contributed by atoms with E-state index in [0.717, 1.165) is 5.02 Å². The zero-order valence-electron chi connectivity index (χ0n) is 91.3. The molecule has 10 heteroatoms. The maximum Gasteiger partial charge on any atom is 0.264 e. The van der Waals surface area contributed by atoms with Gasteiger partial charge in [0, 0.05) is 96.5 Å². The van der Waals surface area contributed by atoms with Crippen LogP contribution < -0.4 is 55.9 Å². The molecule has 5 nitrogen and oxygen atoms in total. The Bertz CT molecular complexity index is 7220. The number of anilines is 12. The Morgan fingerprint density at radius 1 is 0.288 bits per heavy atom. The number of nitrogens with zero attached hydrogens (tertiary/aromatic N) is 5. The summed E-state index contributed by atoms with van der Waals surface area (Å²) in [5.74, 6) is 0. The molecule has 9 heterocycles. The van der Waals surface area contributed by atoms with Gasteiger partial charge in [-0.2, -0.15) is 0 Å². The third kappa shape index (κ3) is 13.3. The summed E-state index contributed by atoms with van der Waals surface area (Å²) < 4.78 is 5.71. The Labute approximate surface area is 850 Å². The first kappa shape index (κ1) is 95.4. The first-order valence-electron chi connectivity index (χ1n) is 53.9. The third-order valence-corrected chi connectivity index (χ3v) is 42.2. The largest absolute Gasteiger partial charge is 0.335 e. The number of thiophene rings is 2. The Kier molecular flexibility index (Phi) is 21.1. The van der Waals surface area contributed by atoms with Gasteiger partial charge in [-0.05, 0) is 348 Å². The van der Waals surface area contributed by atoms with Crippen LogP contribution in [0.2, 0.25) is 5.02 Å². The molecule has 0 bridgehead atoms. The molecule has 2 aromatic heterocycles. The zero-order chi connectivity index (χ0) is 99.3. The molecule has 0 amide bonds. The molecule has 139 heavy (non-hydrogen) atoms. The van der Waals surface area contributed by atoms with E-state index in [2.05, 4.69) is 405 Å². The Morgan fingerprint density at radius 3 is 1.06 bits per heavy atom. The molecular weight excluding hydrogens is 1740 g/mol. The summed E-state index contributed by atoms with van der Waals surface area (Å²) in [5, 5.41) is 3.56. The molecule has 12 aromatic rings. The van der Waals surface area contributed by atoms with E-state index in [4.69, 9.17) is 11.6 Å². The molecule has 8 atom stereocenters. The highest BCUT2D eigenvalue weighted by Crippen LogP contribution is 2.69. The minimum absolute atomic E-state index is 0.0138. The minimum Gasteiger partial charge on any atom is -0.335 e. The van der Waals surface area contributed by atoms with Crippen LogP contribution in [-0.4, -0.2) is 30.0 Å². The monoisotopic (exact) mass is 1900 g/mol. The average molecular weight is 1900 g/mol. The summed E-state index contributed by atoms with van der Waals surface area (Å²) in [6.45, 7) is 82.5. The molecule has 0 N–H and O–H groups in total. The van der Waals surface area contributed by atoms with Gasteiger partial charge in [0.25, 0.3) is 13.4 Å². The molecule has 4 fully saturated rings. The van der Waals surface area contributed by atoms with Crippen molar-refractivity contribution in [2.24, 2.45) is 5.41 Å². The lowest BCUT2D eigenvalue weighted by Gasteiger charge is -2.53. The van der Waals surface area contributed by atoms with Crippen molar-refractivity contribution in [2.45, 2.75) is 415 Å². The van der Waals surface area contributed by atoms with Gasteiger partial charge in [0.1, 0.15) is 0 Å². The summed E-state index contributed by atoms with van der Waals surface area (Å²) in [6.07, 6.45) is 21.7. The highest BCUT2D eigenvalue weighted by atomic mass is 35.5. The van der Waals surface area contributed by atoms with Crippen LogP contribution >= 0.6 is 34.3 Å². The van der Waals surface area contributed by atoms with E-state index in [0.29, 0.717) is 10.8 Å². The summed E-state index contributed by atoms with van der Waals surface area (Å²) in [6, 6.07) is 54.7. The van der Waals surface area contributed by atoms with Gasteiger partial charge in [-0.15, -0.1) is 22.7 Å². The number of aryl methyl sites for hydroxylation is 8. The predicted octanol–water partition coefficient (Wildman–Crippen LogP) is 33.2. The van der Waals surface area contributed by atoms with E-state index in [1.54, 1.807) is 39.0 Å². The van der Waals surface area contributed by atoms with Crippen LogP contribution in [-0.2, 0) is 60.6 Å². The average Bonchev–Trinajstić information content (AvgIpc) is 1.48. The van der Waals surface area contributed by atoms with Crippen molar-refractivity contribution < 1.29 is 0 Å². The quantitative estimate of drug-likeness (QED) is 0.163. The topological polar surface area (TPSA) is 16.2 Å². The second kappa shape index (κ2) is 30.8. The van der Waals surface area contributed by atoms with Gasteiger partial charge in [-0.1, -0.05) is 312 Å². The van der Waals surface area contributed by atoms with E-state index < -0.39 is 0 Å². The summed E-state index contributed by atoms with van der Waals surface area (Å²) in [5.41, 5.74) is 51.5. The second-order valence-corrected chi connectivity index (χ2v) is 57.0. The van der Waals surface area contributed by atoms with Gasteiger partial charge in [0.15, 0.2) is 0 Å². The second-order valence-electron chi connectivity index (χ2n) is 54.4. The number of hydrogen-bond acceptors (Lipinski definition) is 7. The molecule has 4 saturated carbocycles. The van der Waals surface area contributed by atoms with Crippen molar-refractivity contribution in [3.8, 4) is 0 Å². The van der Waals surface area contributed by atoms with Gasteiger partial charge >= 0.3 is 0 Å². The van der Waals surface area contributed by atoms with Crippen LogP contribution in [0.1, 0.15) is 388 Å². The number of rotatable bonds is 3. The van der Waals surface area contributed by atoms with Crippen LogP contribution in [0.3, 0.4) is 0 Å². The molecule has 10 aromatic carbocycles. The van der Waals surface area contributed by atoms with E-state index in [1.807, 2.05) is 11.3 Å². The Balaban J connectivity index is 0.000000138. The van der Waals surface area contributed by atoms with Gasteiger partial charge in [0.2, 0.25) is 0 Å². The van der Waals surface area contributed by atoms with E-state index in [9.17, 15) is 0 Å². The van der Waals surface area contributed by atoms with Crippen molar-refractivity contribution in [3.05, 3.63) is 244 Å². The molecule has 5 aliphatic carbocycles. The highest BCUT2D eigenvalue weighted by Gasteiger charge is 2.67. The third-order valence-electron chi connectivity index (χ3n) is 39.5. The van der Waals surface area contributed by atoms with Gasteiger partial charge in [-0.25, -0.2) is 0 Å². The van der Waals surface area contributed by atoms with Crippen LogP contribution in [0.15, 0.2) is 133 Å². The maximum absolute atomic E-state index is 7.39. The van der Waals surface area contributed by atoms with Crippen LogP contribution in [0, 0.1) is 60.8 Å². The van der Waals surface area contributed by atoms with Crippen molar-refractivity contribution in [3.63, 3.8) is 0 Å². The van der Waals surface area contributed by atoms with Crippen molar-refractivity contribution in [1.29, 1.82) is 0 Å². The minimum atomic E-state index is -0.0921. The van der Waals surface area contributed by atoms with Crippen molar-refractivity contribution in [2.75, 3.05) is 24.5 Å². The molecule has 0 radical (unpaired) electrons. The van der Waals surface area contributed by atoms with Gasteiger partial charge < -0.3 is 24.5 Å². The fraction of sp³-hybridized carbons (Fsp3) is 0.504. The number of fused-ring (bicyclic) bond motifs is 24. The lowest BCUT2D eigenvalue weighted by atomic mass is 9.35. The number of benzene rings is 10. The highest BCUT2D eigenvalue weighted by molar-refractivity contribution is 7.34. The first-order valence-corrected chi connectivity index (χ1v) is 55.9. The van der Waals surface area contributed by atoms with Crippen LogP contribution in [0.25, 0.3) is 20.2 Å². The van der Waals surface area contributed by atoms with Crippen molar-refractivity contribution in [1.82, 2.24) is 0 Å². The number of hydrogen-bond donors (Lipinski definition) is 0. The summed E-state index contributed by atoms with van der Waals surface area (Å²) in [7, 11) is 0. The lowest BCUT2D eigenvalue weighted by Crippen LogP contribution is -2.64. The SMILES string of the molecule is CC(C)(C)c1ccc2c(c1)C1(C)CCCCC1(C)C2.Cc1cc(C)c2c3c1B1c4sc5ccc(C(C)(C)C)cc5c4N(c4c(C)cc(C(C)(C)C)cc4C)c4cc(Cl)cc(c41)N3C1(C)CCCCC21C.Cc1cc(C)c2c3c1B1c4sc5ccc(C(C)(C)C)cc5c4N(c4c(C)cc(C(C)(C)C)cc4C)c4cc(N5c6ccc(C(C)(C)C)cc6C6(C)CCCCC56C)cc(c41)N3C1(C)CCCCC21C. The Morgan fingerprint density at radius 2 is 0.633 bits per heavy atom. The molecule has 724 valence electrons. The van der Waals surface area contributed by atoms with Crippen LogP contribution in [0.4, 0.5) is 68.2 Å². The van der Waals surface area contributed by atoms with Crippen LogP contribution in [0.5, 0.6) is 0 Å². The molecular formula is C129H158B2ClN5S2. The summed E-state index contributed by atoms with van der Waals surface area (Å²) >= 11 is 11.5. The zero-order valence-corrected chi connectivity index (χ0v) is 93.7. The Hall–Kier alpha value is -8.46. The standard InChI is InChI=1S/C64H78BN3S.C46H52BClN2S.C19H28/c1-37-30-38(2)52-56-51(37)62(15)27-19-21-29-64(62,17)68(56)49-36-44(67-47-24-22-42(59(8,9)10)34-46(47)61(14)26-18-20-28-63(61,67)16)35-48-53(49)65(52)57-55(45-33-41(58(5,6)7)23-25-50(45)69-57)66(48)54-39(3)31-43(32-40(54)4)60(11,12)13;1-25-19-26(2)37-41-36(25)45(11)17-13-14-18-46(45,12)50(41)34-24-31(48)23-33-38(34)47(37)42-40(32-22-29(43(5,6)7)15-16-35(32)51-42)49(33)39-27(3)20-30(21-28(39)4)44(8,9)10;1-17(2,3)15-9-8-14-13-18(4)10-6-7-11-19(18,5)16(14)12-15/h22-25,30-36H,18-21,26-29H2,1-17H3;15-16,19-24H,13-14,17-18H2,1-12H3;8-9,12H,6-7,10-11,13H2,1-5H3. The maximum atomic E-state index is 7.39. The van der Waals surface area contributed by atoms with E-state index in [1.165, 1.54) is 296 Å². The molecule has 0 spiro atoms. The smallest absolute Gasteiger partial charge is 0.264 e. The fourth-order valence-electron chi connectivity index (χ4n) is 31.0. The van der Waals surface area contributed by atoms with Crippen molar-refractivity contribution >= 4 is 168 Å². The molecule has 7 aliphatic heterocycles. The predicted molar refractivity (Wildman–Crippen MR) is 610 cm³/mol. The molecule has 0 saturated heterocycles. The molecule has 24 rings (SSSR count). The fourth-order valence-corrected chi connectivity index (χ4v) is 33.8.